The fourth-order valence-electron chi connectivity index (χ4n) is 3.67. The van der Waals surface area contributed by atoms with Gasteiger partial charge in [-0.05, 0) is 55.7 Å². The van der Waals surface area contributed by atoms with Crippen molar-refractivity contribution in [1.29, 1.82) is 5.26 Å². The van der Waals surface area contributed by atoms with Gasteiger partial charge in [-0.3, -0.25) is 9.78 Å². The molecule has 0 N–H and O–H groups in total. The molecule has 8 heteroatoms. The number of sulfonamides is 1. The molecule has 158 valence electrons. The molecule has 1 saturated heterocycles. The van der Waals surface area contributed by atoms with Gasteiger partial charge in [0.15, 0.2) is 0 Å². The summed E-state index contributed by atoms with van der Waals surface area (Å²) in [4.78, 5) is 18.8. The zero-order valence-electron chi connectivity index (χ0n) is 17.1. The maximum absolute atomic E-state index is 13.0. The Labute approximate surface area is 178 Å². The number of benzene rings is 1. The molecule has 3 rings (SSSR count). The molecule has 0 saturated carbocycles. The van der Waals surface area contributed by atoms with Crippen molar-refractivity contribution in [1.82, 2.24) is 14.2 Å². The van der Waals surface area contributed by atoms with E-state index < -0.39 is 10.0 Å². The number of rotatable bonds is 7. The molecule has 1 aliphatic rings. The molecule has 2 aromatic rings. The first-order valence-corrected chi connectivity index (χ1v) is 11.5. The number of piperidine rings is 1. The molecule has 7 nitrogen and oxygen atoms in total. The van der Waals surface area contributed by atoms with Crippen LogP contribution < -0.4 is 0 Å². The Balaban J connectivity index is 1.79. The Hall–Kier alpha value is -2.76. The van der Waals surface area contributed by atoms with E-state index in [1.165, 1.54) is 12.1 Å². The molecule has 1 aliphatic heterocycles. The molecule has 0 bridgehead atoms. The van der Waals surface area contributed by atoms with Crippen LogP contribution in [-0.2, 0) is 16.6 Å². The fraction of sp³-hybridized carbons (Fsp3) is 0.409. The Kier molecular flexibility index (Phi) is 7.19. The minimum Gasteiger partial charge on any atom is -0.333 e. The van der Waals surface area contributed by atoms with E-state index in [2.05, 4.69) is 11.1 Å². The molecule has 1 aromatic heterocycles. The number of hydrogen-bond acceptors (Lipinski definition) is 5. The van der Waals surface area contributed by atoms with Crippen molar-refractivity contribution in [2.24, 2.45) is 0 Å². The van der Waals surface area contributed by atoms with Crippen molar-refractivity contribution in [2.75, 3.05) is 13.1 Å². The molecule has 0 spiro atoms. The maximum Gasteiger partial charge on any atom is 0.254 e. The number of carbonyl (C=O) groups excluding carboxylic acids is 1. The van der Waals surface area contributed by atoms with Gasteiger partial charge >= 0.3 is 0 Å². The normalized spacial score (nSPS) is 17.3. The summed E-state index contributed by atoms with van der Waals surface area (Å²) in [5.41, 5.74) is 1.25. The first-order chi connectivity index (χ1) is 14.4. The van der Waals surface area contributed by atoms with Crippen molar-refractivity contribution in [2.45, 2.75) is 50.1 Å². The van der Waals surface area contributed by atoms with Gasteiger partial charge in [-0.25, -0.2) is 8.42 Å². The zero-order valence-corrected chi connectivity index (χ0v) is 17.9. The van der Waals surface area contributed by atoms with E-state index in [1.807, 2.05) is 13.0 Å². The topological polar surface area (TPSA) is 94.4 Å². The Morgan fingerprint density at radius 3 is 2.67 bits per heavy atom. The van der Waals surface area contributed by atoms with Gasteiger partial charge in [0.05, 0.1) is 17.4 Å². The van der Waals surface area contributed by atoms with Crippen LogP contribution >= 0.6 is 0 Å². The van der Waals surface area contributed by atoms with Crippen molar-refractivity contribution in [3.63, 3.8) is 0 Å². The molecule has 1 aromatic carbocycles. The van der Waals surface area contributed by atoms with Gasteiger partial charge in [0.1, 0.15) is 0 Å². The number of hydrogen-bond donors (Lipinski definition) is 0. The SMILES string of the molecule is CC1CCCCN1S(=O)(=O)c1ccc(C(=O)N(CCC#N)Cc2cccnc2)cc1. The lowest BCUT2D eigenvalue weighted by Crippen LogP contribution is -2.41. The summed E-state index contributed by atoms with van der Waals surface area (Å²) < 4.78 is 27.5. The Morgan fingerprint density at radius 1 is 1.27 bits per heavy atom. The van der Waals surface area contributed by atoms with E-state index >= 15 is 0 Å². The van der Waals surface area contributed by atoms with Crippen molar-refractivity contribution in [3.8, 4) is 6.07 Å². The maximum atomic E-state index is 13.0. The quantitative estimate of drug-likeness (QED) is 0.678. The van der Waals surface area contributed by atoms with Gasteiger partial charge < -0.3 is 4.90 Å². The van der Waals surface area contributed by atoms with Gasteiger partial charge in [0.25, 0.3) is 5.91 Å². The predicted octanol–water partition coefficient (Wildman–Crippen LogP) is 3.20. The van der Waals surface area contributed by atoms with Crippen LogP contribution in [0.3, 0.4) is 0 Å². The van der Waals surface area contributed by atoms with Crippen molar-refractivity contribution < 1.29 is 13.2 Å². The van der Waals surface area contributed by atoms with Gasteiger partial charge in [-0.1, -0.05) is 12.5 Å². The van der Waals surface area contributed by atoms with Crippen LogP contribution in [-0.4, -0.2) is 47.6 Å². The predicted molar refractivity (Wildman–Crippen MR) is 113 cm³/mol. The van der Waals surface area contributed by atoms with Crippen molar-refractivity contribution >= 4 is 15.9 Å². The van der Waals surface area contributed by atoms with E-state index in [-0.39, 0.29) is 29.8 Å². The number of pyridine rings is 1. The molecule has 1 unspecified atom stereocenters. The van der Waals surface area contributed by atoms with E-state index in [9.17, 15) is 13.2 Å². The van der Waals surface area contributed by atoms with Crippen LogP contribution in [0.1, 0.15) is 48.5 Å². The molecular weight excluding hydrogens is 400 g/mol. The minimum absolute atomic E-state index is 0.0222. The fourth-order valence-corrected chi connectivity index (χ4v) is 5.37. The Bertz CT molecular complexity index is 1000. The summed E-state index contributed by atoms with van der Waals surface area (Å²) in [5.74, 6) is -0.246. The third kappa shape index (κ3) is 5.04. The number of carbonyl (C=O) groups is 1. The summed E-state index contributed by atoms with van der Waals surface area (Å²) in [7, 11) is -3.58. The number of nitriles is 1. The van der Waals surface area contributed by atoms with Crippen LogP contribution in [0, 0.1) is 11.3 Å². The summed E-state index contributed by atoms with van der Waals surface area (Å²) in [5, 5.41) is 8.93. The largest absolute Gasteiger partial charge is 0.333 e. The molecule has 30 heavy (non-hydrogen) atoms. The third-order valence-electron chi connectivity index (χ3n) is 5.33. The summed E-state index contributed by atoms with van der Waals surface area (Å²) in [6, 6.07) is 11.8. The lowest BCUT2D eigenvalue weighted by atomic mass is 10.1. The highest BCUT2D eigenvalue weighted by Crippen LogP contribution is 2.25. The highest BCUT2D eigenvalue weighted by molar-refractivity contribution is 7.89. The number of aromatic nitrogens is 1. The van der Waals surface area contributed by atoms with Crippen molar-refractivity contribution in [3.05, 3.63) is 59.9 Å². The van der Waals surface area contributed by atoms with Crippen LogP contribution in [0.4, 0.5) is 0 Å². The van der Waals surface area contributed by atoms with Crippen LogP contribution in [0.25, 0.3) is 0 Å². The third-order valence-corrected chi connectivity index (χ3v) is 7.35. The van der Waals surface area contributed by atoms with Gasteiger partial charge in [-0.2, -0.15) is 9.57 Å². The number of amides is 1. The molecular formula is C22H26N4O3S. The highest BCUT2D eigenvalue weighted by Gasteiger charge is 2.31. The average molecular weight is 427 g/mol. The summed E-state index contributed by atoms with van der Waals surface area (Å²) >= 11 is 0. The molecule has 1 atom stereocenters. The highest BCUT2D eigenvalue weighted by atomic mass is 32.2. The second-order valence-corrected chi connectivity index (χ2v) is 9.37. The second-order valence-electron chi connectivity index (χ2n) is 7.48. The molecule has 0 aliphatic carbocycles. The molecule has 1 amide bonds. The minimum atomic E-state index is -3.58. The van der Waals surface area contributed by atoms with E-state index in [0.29, 0.717) is 18.7 Å². The zero-order chi connectivity index (χ0) is 21.6. The van der Waals surface area contributed by atoms with Gasteiger partial charge in [-0.15, -0.1) is 0 Å². The summed E-state index contributed by atoms with van der Waals surface area (Å²) in [6.45, 7) is 3.08. The average Bonchev–Trinajstić information content (AvgIpc) is 2.77. The van der Waals surface area contributed by atoms with E-state index in [4.69, 9.17) is 5.26 Å². The lowest BCUT2D eigenvalue weighted by Gasteiger charge is -2.32. The second kappa shape index (κ2) is 9.83. The van der Waals surface area contributed by atoms with Crippen LogP contribution in [0.2, 0.25) is 0 Å². The first-order valence-electron chi connectivity index (χ1n) is 10.1. The lowest BCUT2D eigenvalue weighted by molar-refractivity contribution is 0.0746. The van der Waals surface area contributed by atoms with Gasteiger partial charge in [0, 0.05) is 43.6 Å². The molecule has 0 radical (unpaired) electrons. The summed E-state index contributed by atoms with van der Waals surface area (Å²) in [6.07, 6.45) is 6.32. The standard InChI is InChI=1S/C22H26N4O3S/c1-18-6-2-3-15-26(18)30(28,29)21-10-8-20(9-11-21)22(27)25(14-5-12-23)17-19-7-4-13-24-16-19/h4,7-11,13,16,18H,2-3,5-6,14-15,17H2,1H3. The molecule has 1 fully saturated rings. The monoisotopic (exact) mass is 426 g/mol. The van der Waals surface area contributed by atoms with Gasteiger partial charge in [0.2, 0.25) is 10.0 Å². The smallest absolute Gasteiger partial charge is 0.254 e. The Morgan fingerprint density at radius 2 is 2.03 bits per heavy atom. The van der Waals surface area contributed by atoms with Crippen LogP contribution in [0.5, 0.6) is 0 Å². The van der Waals surface area contributed by atoms with Crippen LogP contribution in [0.15, 0.2) is 53.7 Å². The number of nitrogens with zero attached hydrogens (tertiary/aromatic N) is 4. The van der Waals surface area contributed by atoms with E-state index in [0.717, 1.165) is 24.8 Å². The van der Waals surface area contributed by atoms with E-state index in [1.54, 1.807) is 39.8 Å². The molecule has 2 heterocycles. The first kappa shape index (κ1) is 21.9.